The summed E-state index contributed by atoms with van der Waals surface area (Å²) in [5, 5.41) is 18.4. The zero-order chi connectivity index (χ0) is 13.6. The van der Waals surface area contributed by atoms with Gasteiger partial charge in [-0.25, -0.2) is 4.98 Å². The lowest BCUT2D eigenvalue weighted by molar-refractivity contribution is 0.156. The molecule has 0 aliphatic heterocycles. The summed E-state index contributed by atoms with van der Waals surface area (Å²) in [5.74, 6) is 0.607. The summed E-state index contributed by atoms with van der Waals surface area (Å²) in [4.78, 5) is 4.52. The Kier molecular flexibility index (Phi) is 2.86. The average Bonchev–Trinajstić information content (AvgIpc) is 2.71. The molecule has 0 saturated carbocycles. The van der Waals surface area contributed by atoms with Crippen molar-refractivity contribution in [2.75, 3.05) is 0 Å². The van der Waals surface area contributed by atoms with E-state index < -0.39 is 0 Å². The van der Waals surface area contributed by atoms with Crippen LogP contribution in [-0.4, -0.2) is 24.9 Å². The van der Waals surface area contributed by atoms with Crippen LogP contribution in [0.2, 0.25) is 0 Å². The van der Waals surface area contributed by atoms with Crippen LogP contribution in [0.15, 0.2) is 6.07 Å². The van der Waals surface area contributed by atoms with E-state index in [0.29, 0.717) is 5.95 Å². The third-order valence-electron chi connectivity index (χ3n) is 3.85. The van der Waals surface area contributed by atoms with Gasteiger partial charge < -0.3 is 5.11 Å². The number of aromatic nitrogens is 4. The number of hydrogen-bond acceptors (Lipinski definition) is 4. The third-order valence-corrected chi connectivity index (χ3v) is 3.85. The minimum atomic E-state index is -0.358. The maximum absolute atomic E-state index is 10.1. The summed E-state index contributed by atoms with van der Waals surface area (Å²) in [6.45, 7) is 5.86. The summed E-state index contributed by atoms with van der Waals surface area (Å²) in [6, 6.07) is 2.04. The van der Waals surface area contributed by atoms with E-state index >= 15 is 0 Å². The van der Waals surface area contributed by atoms with Crippen molar-refractivity contribution in [1.29, 1.82) is 0 Å². The highest BCUT2D eigenvalue weighted by atomic mass is 16.3. The van der Waals surface area contributed by atoms with E-state index in [-0.39, 0.29) is 6.10 Å². The van der Waals surface area contributed by atoms with E-state index in [9.17, 15) is 5.11 Å². The topological polar surface area (TPSA) is 63.8 Å². The van der Waals surface area contributed by atoms with Crippen LogP contribution in [0.3, 0.4) is 0 Å². The van der Waals surface area contributed by atoms with Crippen LogP contribution in [0.5, 0.6) is 0 Å². The first-order chi connectivity index (χ1) is 9.08. The second kappa shape index (κ2) is 4.42. The number of hydrogen-bond donors (Lipinski definition) is 1. The normalized spacial score (nSPS) is 18.4. The standard InChI is InChI=1S/C14H18N4O/c1-8-7-11-12(5-4-6-13(11)19)18(8)14-15-9(2)10(3)16-17-14/h7,13,19H,4-6H2,1-3H3. The molecular weight excluding hydrogens is 240 g/mol. The van der Waals surface area contributed by atoms with Gasteiger partial charge in [-0.05, 0) is 46.1 Å². The van der Waals surface area contributed by atoms with Crippen molar-refractivity contribution in [3.63, 3.8) is 0 Å². The zero-order valence-electron chi connectivity index (χ0n) is 11.5. The summed E-state index contributed by atoms with van der Waals surface area (Å²) in [6.07, 6.45) is 2.43. The fourth-order valence-electron chi connectivity index (χ4n) is 2.70. The molecule has 0 radical (unpaired) electrons. The van der Waals surface area contributed by atoms with Gasteiger partial charge in [0.2, 0.25) is 0 Å². The van der Waals surface area contributed by atoms with Gasteiger partial charge in [-0.15, -0.1) is 5.10 Å². The van der Waals surface area contributed by atoms with E-state index in [1.807, 2.05) is 31.4 Å². The highest BCUT2D eigenvalue weighted by molar-refractivity contribution is 5.37. The molecule has 1 atom stereocenters. The molecule has 100 valence electrons. The lowest BCUT2D eigenvalue weighted by atomic mass is 9.95. The lowest BCUT2D eigenvalue weighted by Gasteiger charge is -2.19. The highest BCUT2D eigenvalue weighted by Crippen LogP contribution is 2.33. The predicted octanol–water partition coefficient (Wildman–Crippen LogP) is 1.96. The van der Waals surface area contributed by atoms with Gasteiger partial charge in [-0.3, -0.25) is 4.57 Å². The minimum Gasteiger partial charge on any atom is -0.388 e. The van der Waals surface area contributed by atoms with Crippen molar-refractivity contribution >= 4 is 0 Å². The van der Waals surface area contributed by atoms with Crippen molar-refractivity contribution in [1.82, 2.24) is 19.7 Å². The van der Waals surface area contributed by atoms with Crippen LogP contribution >= 0.6 is 0 Å². The van der Waals surface area contributed by atoms with Gasteiger partial charge >= 0.3 is 0 Å². The largest absolute Gasteiger partial charge is 0.388 e. The van der Waals surface area contributed by atoms with E-state index in [2.05, 4.69) is 15.2 Å². The highest BCUT2D eigenvalue weighted by Gasteiger charge is 2.24. The van der Waals surface area contributed by atoms with Crippen molar-refractivity contribution in [2.45, 2.75) is 46.1 Å². The number of aliphatic hydroxyl groups excluding tert-OH is 1. The molecule has 0 fully saturated rings. The maximum atomic E-state index is 10.1. The van der Waals surface area contributed by atoms with Gasteiger partial charge in [0.1, 0.15) is 0 Å². The Hall–Kier alpha value is -1.75. The van der Waals surface area contributed by atoms with E-state index in [1.165, 1.54) is 0 Å². The van der Waals surface area contributed by atoms with Gasteiger partial charge in [0, 0.05) is 17.0 Å². The van der Waals surface area contributed by atoms with Crippen LogP contribution in [0, 0.1) is 20.8 Å². The molecule has 1 aliphatic carbocycles. The Morgan fingerprint density at radius 2 is 2.00 bits per heavy atom. The van der Waals surface area contributed by atoms with Crippen molar-refractivity contribution in [2.24, 2.45) is 0 Å². The first-order valence-corrected chi connectivity index (χ1v) is 6.65. The van der Waals surface area contributed by atoms with Crippen LogP contribution in [0.1, 0.15) is 47.3 Å². The van der Waals surface area contributed by atoms with Crippen molar-refractivity contribution in [3.05, 3.63) is 34.4 Å². The fourth-order valence-corrected chi connectivity index (χ4v) is 2.70. The molecule has 1 N–H and O–H groups in total. The number of fused-ring (bicyclic) bond motifs is 1. The molecule has 0 bridgehead atoms. The smallest absolute Gasteiger partial charge is 0.254 e. The summed E-state index contributed by atoms with van der Waals surface area (Å²) < 4.78 is 2.02. The molecule has 2 heterocycles. The molecule has 5 nitrogen and oxygen atoms in total. The number of rotatable bonds is 1. The molecule has 2 aromatic heterocycles. The molecule has 0 spiro atoms. The SMILES string of the molecule is Cc1nnc(-n2c(C)cc3c2CCCC3O)nc1C. The Balaban J connectivity index is 2.17. The van der Waals surface area contributed by atoms with Crippen molar-refractivity contribution in [3.8, 4) is 5.95 Å². The van der Waals surface area contributed by atoms with Gasteiger partial charge in [0.15, 0.2) is 0 Å². The number of aliphatic hydroxyl groups is 1. The summed E-state index contributed by atoms with van der Waals surface area (Å²) in [5.41, 5.74) is 4.94. The first kappa shape index (κ1) is 12.3. The van der Waals surface area contributed by atoms with E-state index in [4.69, 9.17) is 0 Å². The van der Waals surface area contributed by atoms with E-state index in [0.717, 1.165) is 47.6 Å². The number of nitrogens with zero attached hydrogens (tertiary/aromatic N) is 4. The minimum absolute atomic E-state index is 0.358. The second-order valence-corrected chi connectivity index (χ2v) is 5.21. The fraction of sp³-hybridized carbons (Fsp3) is 0.500. The third kappa shape index (κ3) is 1.94. The number of aryl methyl sites for hydroxylation is 3. The van der Waals surface area contributed by atoms with Crippen LogP contribution in [-0.2, 0) is 6.42 Å². The molecule has 2 aromatic rings. The Morgan fingerprint density at radius 1 is 1.21 bits per heavy atom. The quantitative estimate of drug-likeness (QED) is 0.849. The van der Waals surface area contributed by atoms with Crippen LogP contribution in [0.25, 0.3) is 5.95 Å². The molecular formula is C14H18N4O. The molecule has 1 aliphatic rings. The lowest BCUT2D eigenvalue weighted by Crippen LogP contribution is -2.14. The van der Waals surface area contributed by atoms with Gasteiger partial charge in [-0.2, -0.15) is 5.10 Å². The predicted molar refractivity (Wildman–Crippen MR) is 71.3 cm³/mol. The Labute approximate surface area is 112 Å². The summed E-state index contributed by atoms with van der Waals surface area (Å²) >= 11 is 0. The average molecular weight is 258 g/mol. The molecule has 0 saturated heterocycles. The molecule has 19 heavy (non-hydrogen) atoms. The van der Waals surface area contributed by atoms with Crippen molar-refractivity contribution < 1.29 is 5.11 Å². The molecule has 1 unspecified atom stereocenters. The zero-order valence-corrected chi connectivity index (χ0v) is 11.5. The Bertz CT molecular complexity index is 633. The molecule has 5 heteroatoms. The second-order valence-electron chi connectivity index (χ2n) is 5.21. The molecule has 0 aromatic carbocycles. The van der Waals surface area contributed by atoms with Gasteiger partial charge in [-0.1, -0.05) is 0 Å². The monoisotopic (exact) mass is 258 g/mol. The molecule has 0 amide bonds. The van der Waals surface area contributed by atoms with Crippen LogP contribution < -0.4 is 0 Å². The van der Waals surface area contributed by atoms with Crippen LogP contribution in [0.4, 0.5) is 0 Å². The van der Waals surface area contributed by atoms with E-state index in [1.54, 1.807) is 0 Å². The van der Waals surface area contributed by atoms with Gasteiger partial charge in [0.05, 0.1) is 17.5 Å². The Morgan fingerprint density at radius 3 is 2.74 bits per heavy atom. The maximum Gasteiger partial charge on any atom is 0.254 e. The van der Waals surface area contributed by atoms with Gasteiger partial charge in [0.25, 0.3) is 5.95 Å². The first-order valence-electron chi connectivity index (χ1n) is 6.65. The summed E-state index contributed by atoms with van der Waals surface area (Å²) in [7, 11) is 0. The molecule has 3 rings (SSSR count).